The molecule has 1 aromatic heterocycles. The molecule has 1 aromatic carbocycles. The number of benzene rings is 1. The molecule has 0 aliphatic heterocycles. The van der Waals surface area contributed by atoms with Crippen LogP contribution in [0.5, 0.6) is 0 Å². The van der Waals surface area contributed by atoms with Gasteiger partial charge in [-0.2, -0.15) is 0 Å². The number of alkyl halides is 2. The van der Waals surface area contributed by atoms with Crippen LogP contribution in [0.25, 0.3) is 11.0 Å². The second kappa shape index (κ2) is 5.69. The second-order valence-electron chi connectivity index (χ2n) is 4.15. The summed E-state index contributed by atoms with van der Waals surface area (Å²) in [5, 5.41) is 5.54. The molecule has 0 radical (unpaired) electrons. The smallest absolute Gasteiger partial charge is 0.315 e. The number of hydrogen-bond donors (Lipinski definition) is 2. The molecule has 4 nitrogen and oxygen atoms in total. The van der Waals surface area contributed by atoms with Gasteiger partial charge in [-0.25, -0.2) is 13.6 Å². The maximum absolute atomic E-state index is 11.9. The van der Waals surface area contributed by atoms with E-state index in [4.69, 9.17) is 4.42 Å². The van der Waals surface area contributed by atoms with Gasteiger partial charge in [0, 0.05) is 5.39 Å². The van der Waals surface area contributed by atoms with Gasteiger partial charge < -0.3 is 15.1 Å². The van der Waals surface area contributed by atoms with Crippen LogP contribution in [-0.2, 0) is 0 Å². The number of hydrogen-bond acceptors (Lipinski definition) is 2. The van der Waals surface area contributed by atoms with Gasteiger partial charge in [-0.15, -0.1) is 0 Å². The van der Waals surface area contributed by atoms with Crippen LogP contribution in [0.3, 0.4) is 0 Å². The largest absolute Gasteiger partial charge is 0.459 e. The summed E-state index contributed by atoms with van der Waals surface area (Å²) >= 11 is 0. The van der Waals surface area contributed by atoms with Gasteiger partial charge in [-0.1, -0.05) is 18.2 Å². The standard InChI is InChI=1S/C13H14F2N2O2/c1-8(17-13(18)16-7-12(14)15)11-6-9-4-2-3-5-10(9)19-11/h2-6,8,12H,7H2,1H3,(H2,16,17,18)/t8-/m1/s1. The average molecular weight is 268 g/mol. The Morgan fingerprint density at radius 3 is 2.79 bits per heavy atom. The quantitative estimate of drug-likeness (QED) is 0.895. The fourth-order valence-electron chi connectivity index (χ4n) is 1.70. The molecule has 1 heterocycles. The van der Waals surface area contributed by atoms with Gasteiger partial charge >= 0.3 is 6.03 Å². The van der Waals surface area contributed by atoms with Crippen molar-refractivity contribution in [2.24, 2.45) is 0 Å². The molecule has 1 atom stereocenters. The Morgan fingerprint density at radius 1 is 1.37 bits per heavy atom. The van der Waals surface area contributed by atoms with Gasteiger partial charge in [0.1, 0.15) is 11.3 Å². The first-order chi connectivity index (χ1) is 9.06. The fourth-order valence-corrected chi connectivity index (χ4v) is 1.70. The van der Waals surface area contributed by atoms with Gasteiger partial charge in [0.25, 0.3) is 6.43 Å². The lowest BCUT2D eigenvalue weighted by Gasteiger charge is -2.12. The Bertz CT molecular complexity index is 536. The predicted octanol–water partition coefficient (Wildman–Crippen LogP) is 3.06. The Balaban J connectivity index is 1.99. The molecule has 6 heteroatoms. The zero-order valence-corrected chi connectivity index (χ0v) is 10.3. The van der Waals surface area contributed by atoms with E-state index in [0.717, 1.165) is 11.0 Å². The predicted molar refractivity (Wildman–Crippen MR) is 67.2 cm³/mol. The summed E-state index contributed by atoms with van der Waals surface area (Å²) in [4.78, 5) is 11.3. The Hall–Kier alpha value is -2.11. The SMILES string of the molecule is C[C@@H](NC(=O)NCC(F)F)c1cc2ccccc2o1. The van der Waals surface area contributed by atoms with Crippen molar-refractivity contribution >= 4 is 17.0 Å². The third kappa shape index (κ3) is 3.43. The van der Waals surface area contributed by atoms with E-state index in [-0.39, 0.29) is 0 Å². The number of urea groups is 1. The molecule has 2 amide bonds. The highest BCUT2D eigenvalue weighted by Crippen LogP contribution is 2.23. The molecule has 2 N–H and O–H groups in total. The molecule has 0 unspecified atom stereocenters. The van der Waals surface area contributed by atoms with E-state index < -0.39 is 25.0 Å². The number of carbonyl (C=O) groups is 1. The highest BCUT2D eigenvalue weighted by Gasteiger charge is 2.14. The molecule has 0 aliphatic carbocycles. The van der Waals surface area contributed by atoms with Crippen molar-refractivity contribution < 1.29 is 18.0 Å². The van der Waals surface area contributed by atoms with E-state index in [1.807, 2.05) is 30.3 Å². The topological polar surface area (TPSA) is 54.3 Å². The number of halogens is 2. The average Bonchev–Trinajstić information content (AvgIpc) is 2.80. The minimum absolute atomic E-state index is 0.398. The summed E-state index contributed by atoms with van der Waals surface area (Å²) in [6, 6.07) is 8.22. The lowest BCUT2D eigenvalue weighted by atomic mass is 10.2. The van der Waals surface area contributed by atoms with Crippen molar-refractivity contribution in [1.82, 2.24) is 10.6 Å². The molecular formula is C13H14F2N2O2. The normalized spacial score (nSPS) is 12.6. The molecule has 0 saturated carbocycles. The molecule has 2 aromatic rings. The summed E-state index contributed by atoms with van der Waals surface area (Å²) in [6.07, 6.45) is -2.56. The minimum Gasteiger partial charge on any atom is -0.459 e. The van der Waals surface area contributed by atoms with Crippen LogP contribution in [-0.4, -0.2) is 19.0 Å². The summed E-state index contributed by atoms with van der Waals surface area (Å²) in [6.45, 7) is 1.05. The van der Waals surface area contributed by atoms with Crippen LogP contribution in [0.15, 0.2) is 34.7 Å². The molecule has 0 fully saturated rings. The molecule has 0 aliphatic rings. The van der Waals surface area contributed by atoms with Crippen LogP contribution < -0.4 is 10.6 Å². The van der Waals surface area contributed by atoms with Gasteiger partial charge in [0.2, 0.25) is 0 Å². The van der Waals surface area contributed by atoms with Crippen LogP contribution in [0, 0.1) is 0 Å². The zero-order valence-electron chi connectivity index (χ0n) is 10.3. The number of nitrogens with one attached hydrogen (secondary N) is 2. The monoisotopic (exact) mass is 268 g/mol. The van der Waals surface area contributed by atoms with Crippen molar-refractivity contribution in [2.45, 2.75) is 19.4 Å². The number of fused-ring (bicyclic) bond motifs is 1. The summed E-state index contributed by atoms with van der Waals surface area (Å²) in [5.41, 5.74) is 0.721. The van der Waals surface area contributed by atoms with E-state index in [0.29, 0.717) is 5.76 Å². The Kier molecular flexibility index (Phi) is 3.99. The molecule has 102 valence electrons. The number of amides is 2. The van der Waals surface area contributed by atoms with Crippen LogP contribution in [0.1, 0.15) is 18.7 Å². The van der Waals surface area contributed by atoms with Gasteiger partial charge in [-0.3, -0.25) is 0 Å². The minimum atomic E-state index is -2.56. The number of para-hydroxylation sites is 1. The first-order valence-corrected chi connectivity index (χ1v) is 5.87. The van der Waals surface area contributed by atoms with Crippen molar-refractivity contribution in [3.8, 4) is 0 Å². The molecule has 0 bridgehead atoms. The maximum atomic E-state index is 11.9. The molecule has 19 heavy (non-hydrogen) atoms. The van der Waals surface area contributed by atoms with Crippen molar-refractivity contribution in [3.05, 3.63) is 36.1 Å². The summed E-state index contributed by atoms with van der Waals surface area (Å²) < 4.78 is 29.4. The highest BCUT2D eigenvalue weighted by atomic mass is 19.3. The third-order valence-corrected chi connectivity index (χ3v) is 2.64. The summed E-state index contributed by atoms with van der Waals surface area (Å²) in [7, 11) is 0. The number of carbonyl (C=O) groups excluding carboxylic acids is 1. The number of furan rings is 1. The fraction of sp³-hybridized carbons (Fsp3) is 0.308. The number of rotatable bonds is 4. The van der Waals surface area contributed by atoms with Crippen LogP contribution in [0.2, 0.25) is 0 Å². The van der Waals surface area contributed by atoms with E-state index in [9.17, 15) is 13.6 Å². The lowest BCUT2D eigenvalue weighted by Crippen LogP contribution is -2.39. The highest BCUT2D eigenvalue weighted by molar-refractivity contribution is 5.78. The Morgan fingerprint density at radius 2 is 2.11 bits per heavy atom. The Labute approximate surface area is 108 Å². The van der Waals surface area contributed by atoms with E-state index >= 15 is 0 Å². The second-order valence-corrected chi connectivity index (χ2v) is 4.15. The molecule has 0 spiro atoms. The van der Waals surface area contributed by atoms with Crippen molar-refractivity contribution in [2.75, 3.05) is 6.54 Å². The third-order valence-electron chi connectivity index (χ3n) is 2.64. The lowest BCUT2D eigenvalue weighted by molar-refractivity contribution is 0.146. The van der Waals surface area contributed by atoms with E-state index in [1.54, 1.807) is 6.92 Å². The first kappa shape index (κ1) is 13.3. The van der Waals surface area contributed by atoms with Gasteiger partial charge in [0.05, 0.1) is 12.6 Å². The van der Waals surface area contributed by atoms with Gasteiger partial charge in [-0.05, 0) is 19.1 Å². The van der Waals surface area contributed by atoms with E-state index in [1.165, 1.54) is 0 Å². The van der Waals surface area contributed by atoms with E-state index in [2.05, 4.69) is 10.6 Å². The van der Waals surface area contributed by atoms with Crippen molar-refractivity contribution in [1.29, 1.82) is 0 Å². The molecule has 2 rings (SSSR count). The molecular weight excluding hydrogens is 254 g/mol. The van der Waals surface area contributed by atoms with Crippen LogP contribution in [0.4, 0.5) is 13.6 Å². The maximum Gasteiger partial charge on any atom is 0.315 e. The van der Waals surface area contributed by atoms with Crippen molar-refractivity contribution in [3.63, 3.8) is 0 Å². The molecule has 0 saturated heterocycles. The zero-order chi connectivity index (χ0) is 13.8. The summed E-state index contributed by atoms with van der Waals surface area (Å²) in [5.74, 6) is 0.577. The van der Waals surface area contributed by atoms with Crippen LogP contribution >= 0.6 is 0 Å². The first-order valence-electron chi connectivity index (χ1n) is 5.87. The van der Waals surface area contributed by atoms with Gasteiger partial charge in [0.15, 0.2) is 0 Å².